The monoisotopic (exact) mass is 283 g/mol. The number of rotatable bonds is 2. The van der Waals surface area contributed by atoms with Gasteiger partial charge in [0.1, 0.15) is 0 Å². The highest BCUT2D eigenvalue weighted by Gasteiger charge is 2.43. The molecule has 1 saturated carbocycles. The van der Waals surface area contributed by atoms with E-state index in [2.05, 4.69) is 22.0 Å². The van der Waals surface area contributed by atoms with Crippen LogP contribution in [0, 0.1) is 0 Å². The summed E-state index contributed by atoms with van der Waals surface area (Å²) in [6, 6.07) is 8.56. The Morgan fingerprint density at radius 2 is 1.95 bits per heavy atom. The van der Waals surface area contributed by atoms with Gasteiger partial charge in [0.25, 0.3) is 0 Å². The Labute approximate surface area is 124 Å². The number of likely N-dealkylation sites (tertiary alicyclic amines) is 1. The molecule has 4 nitrogen and oxygen atoms in total. The number of carbonyl (C=O) groups excluding carboxylic acids is 1. The highest BCUT2D eigenvalue weighted by molar-refractivity contribution is 5.87. The zero-order valence-corrected chi connectivity index (χ0v) is 12.1. The van der Waals surface area contributed by atoms with Crippen LogP contribution in [0.5, 0.6) is 0 Å². The number of nitrogens with zero attached hydrogens (tertiary/aromatic N) is 1. The lowest BCUT2D eigenvalue weighted by atomic mass is 9.99. The third-order valence-corrected chi connectivity index (χ3v) is 5.06. The lowest BCUT2D eigenvalue weighted by Crippen LogP contribution is -2.39. The van der Waals surface area contributed by atoms with Gasteiger partial charge in [0.15, 0.2) is 0 Å². The summed E-state index contributed by atoms with van der Waals surface area (Å²) in [6.45, 7) is 0. The Kier molecular flexibility index (Phi) is 3.00. The van der Waals surface area contributed by atoms with Crippen LogP contribution in [0.3, 0.4) is 0 Å². The third kappa shape index (κ3) is 1.97. The van der Waals surface area contributed by atoms with Crippen LogP contribution in [-0.2, 0) is 4.79 Å². The maximum Gasteiger partial charge on any atom is 0.225 e. The minimum Gasteiger partial charge on any atom is -0.361 e. The van der Waals surface area contributed by atoms with Crippen LogP contribution in [0.15, 0.2) is 30.5 Å². The van der Waals surface area contributed by atoms with Crippen molar-refractivity contribution >= 4 is 16.8 Å². The summed E-state index contributed by atoms with van der Waals surface area (Å²) in [5, 5.41) is 1.19. The smallest absolute Gasteiger partial charge is 0.225 e. The van der Waals surface area contributed by atoms with Crippen LogP contribution in [0.1, 0.15) is 43.7 Å². The number of carbonyl (C=O) groups is 1. The van der Waals surface area contributed by atoms with E-state index in [4.69, 9.17) is 5.73 Å². The molecular formula is C17H21N3O. The topological polar surface area (TPSA) is 62.1 Å². The number of nitrogens with two attached hydrogens (primary N) is 1. The first-order chi connectivity index (χ1) is 10.3. The minimum absolute atomic E-state index is 0.0248. The number of para-hydroxylation sites is 1. The normalized spacial score (nSPS) is 27.1. The predicted molar refractivity (Wildman–Crippen MR) is 82.7 cm³/mol. The van der Waals surface area contributed by atoms with Crippen molar-refractivity contribution in [2.75, 3.05) is 0 Å². The molecular weight excluding hydrogens is 262 g/mol. The highest BCUT2D eigenvalue weighted by Crippen LogP contribution is 2.40. The van der Waals surface area contributed by atoms with E-state index in [9.17, 15) is 4.79 Å². The number of hydrogen-bond acceptors (Lipinski definition) is 2. The average molecular weight is 283 g/mol. The second-order valence-corrected chi connectivity index (χ2v) is 6.34. The molecule has 1 aromatic carbocycles. The maximum absolute atomic E-state index is 12.4. The quantitative estimate of drug-likeness (QED) is 0.890. The van der Waals surface area contributed by atoms with E-state index in [1.807, 2.05) is 18.3 Å². The van der Waals surface area contributed by atoms with Gasteiger partial charge >= 0.3 is 0 Å². The van der Waals surface area contributed by atoms with Gasteiger partial charge in [-0.05, 0) is 18.9 Å². The summed E-state index contributed by atoms with van der Waals surface area (Å²) in [7, 11) is 0. The van der Waals surface area contributed by atoms with Gasteiger partial charge in [0.05, 0.1) is 6.04 Å². The number of fused-ring (bicyclic) bond motifs is 1. The Hall–Kier alpha value is -1.81. The SMILES string of the molecule is NC1CC(=O)N(C2CCCC2)C1c1c[nH]c2ccccc12. The summed E-state index contributed by atoms with van der Waals surface area (Å²) in [5.74, 6) is 0.227. The molecule has 2 unspecified atom stereocenters. The van der Waals surface area contributed by atoms with Crippen LogP contribution in [-0.4, -0.2) is 27.9 Å². The first-order valence-corrected chi connectivity index (χ1v) is 7.88. The lowest BCUT2D eigenvalue weighted by molar-refractivity contribution is -0.131. The molecule has 0 spiro atoms. The average Bonchev–Trinajstić information content (AvgIpc) is 3.17. The molecule has 2 aliphatic rings. The molecule has 2 heterocycles. The number of aromatic amines is 1. The van der Waals surface area contributed by atoms with Crippen molar-refractivity contribution in [3.63, 3.8) is 0 Å². The van der Waals surface area contributed by atoms with Gasteiger partial charge in [-0.15, -0.1) is 0 Å². The van der Waals surface area contributed by atoms with Crippen molar-refractivity contribution in [3.8, 4) is 0 Å². The lowest BCUT2D eigenvalue weighted by Gasteiger charge is -2.32. The van der Waals surface area contributed by atoms with E-state index in [1.54, 1.807) is 0 Å². The fraction of sp³-hybridized carbons (Fsp3) is 0.471. The Balaban J connectivity index is 1.78. The first kappa shape index (κ1) is 12.9. The summed E-state index contributed by atoms with van der Waals surface area (Å²) < 4.78 is 0. The van der Waals surface area contributed by atoms with Crippen molar-refractivity contribution in [2.45, 2.75) is 50.2 Å². The molecule has 0 radical (unpaired) electrons. The largest absolute Gasteiger partial charge is 0.361 e. The van der Waals surface area contributed by atoms with E-state index in [1.165, 1.54) is 23.8 Å². The van der Waals surface area contributed by atoms with Gasteiger partial charge < -0.3 is 15.6 Å². The summed E-state index contributed by atoms with van der Waals surface area (Å²) in [5.41, 5.74) is 8.63. The summed E-state index contributed by atoms with van der Waals surface area (Å²) >= 11 is 0. The van der Waals surface area contributed by atoms with Crippen LogP contribution in [0.25, 0.3) is 10.9 Å². The molecule has 1 amide bonds. The van der Waals surface area contributed by atoms with E-state index in [0.717, 1.165) is 18.4 Å². The van der Waals surface area contributed by atoms with Crippen molar-refractivity contribution in [1.82, 2.24) is 9.88 Å². The van der Waals surface area contributed by atoms with Gasteiger partial charge in [-0.1, -0.05) is 31.0 Å². The van der Waals surface area contributed by atoms with Crippen molar-refractivity contribution in [3.05, 3.63) is 36.0 Å². The van der Waals surface area contributed by atoms with Gasteiger partial charge in [-0.2, -0.15) is 0 Å². The Morgan fingerprint density at radius 3 is 2.76 bits per heavy atom. The number of amides is 1. The molecule has 1 aromatic heterocycles. The number of nitrogens with one attached hydrogen (secondary N) is 1. The van der Waals surface area contributed by atoms with E-state index in [0.29, 0.717) is 12.5 Å². The van der Waals surface area contributed by atoms with Crippen LogP contribution in [0.2, 0.25) is 0 Å². The summed E-state index contributed by atoms with van der Waals surface area (Å²) in [6.07, 6.45) is 7.21. The zero-order valence-electron chi connectivity index (χ0n) is 12.1. The van der Waals surface area contributed by atoms with Crippen LogP contribution >= 0.6 is 0 Å². The second-order valence-electron chi connectivity index (χ2n) is 6.34. The number of benzene rings is 1. The van der Waals surface area contributed by atoms with E-state index >= 15 is 0 Å². The Morgan fingerprint density at radius 1 is 1.19 bits per heavy atom. The van der Waals surface area contributed by atoms with Gasteiger partial charge in [-0.3, -0.25) is 4.79 Å². The predicted octanol–water partition coefficient (Wildman–Crippen LogP) is 2.71. The molecule has 2 aromatic rings. The summed E-state index contributed by atoms with van der Waals surface area (Å²) in [4.78, 5) is 17.9. The number of aromatic nitrogens is 1. The molecule has 21 heavy (non-hydrogen) atoms. The van der Waals surface area contributed by atoms with Crippen LogP contribution in [0.4, 0.5) is 0 Å². The molecule has 2 fully saturated rings. The van der Waals surface area contributed by atoms with E-state index in [-0.39, 0.29) is 18.0 Å². The van der Waals surface area contributed by atoms with Crippen LogP contribution < -0.4 is 5.73 Å². The third-order valence-electron chi connectivity index (χ3n) is 5.06. The number of hydrogen-bond donors (Lipinski definition) is 2. The fourth-order valence-electron chi connectivity index (χ4n) is 4.11. The standard InChI is InChI=1S/C17H21N3O/c18-14-9-16(21)20(11-5-1-2-6-11)17(14)13-10-19-15-8-4-3-7-12(13)15/h3-4,7-8,10-11,14,17,19H,1-2,5-6,9,18H2. The zero-order chi connectivity index (χ0) is 14.4. The Bertz CT molecular complexity index is 671. The van der Waals surface area contributed by atoms with Gasteiger partial charge in [0, 0.05) is 41.2 Å². The molecule has 1 aliphatic carbocycles. The van der Waals surface area contributed by atoms with Crippen molar-refractivity contribution in [1.29, 1.82) is 0 Å². The van der Waals surface area contributed by atoms with Crippen molar-refractivity contribution in [2.24, 2.45) is 5.73 Å². The molecule has 4 rings (SSSR count). The van der Waals surface area contributed by atoms with Gasteiger partial charge in [-0.25, -0.2) is 0 Å². The van der Waals surface area contributed by atoms with E-state index < -0.39 is 0 Å². The fourth-order valence-corrected chi connectivity index (χ4v) is 4.11. The molecule has 3 N–H and O–H groups in total. The molecule has 0 bridgehead atoms. The second kappa shape index (κ2) is 4.88. The highest BCUT2D eigenvalue weighted by atomic mass is 16.2. The number of H-pyrrole nitrogens is 1. The molecule has 2 atom stereocenters. The van der Waals surface area contributed by atoms with Crippen molar-refractivity contribution < 1.29 is 4.79 Å². The maximum atomic E-state index is 12.4. The molecule has 110 valence electrons. The minimum atomic E-state index is -0.0997. The molecule has 4 heteroatoms. The molecule has 1 saturated heterocycles. The first-order valence-electron chi connectivity index (χ1n) is 7.88. The van der Waals surface area contributed by atoms with Gasteiger partial charge in [0.2, 0.25) is 5.91 Å². The molecule has 1 aliphatic heterocycles.